The number of H-pyrrole nitrogens is 2. The summed E-state index contributed by atoms with van der Waals surface area (Å²) in [5.41, 5.74) is -1.69. The molecule has 0 spiro atoms. The Hall–Kier alpha value is -3.16. The molecule has 106 valence electrons. The molecule has 0 atom stereocenters. The van der Waals surface area contributed by atoms with Crippen LogP contribution < -0.4 is 16.8 Å². The second kappa shape index (κ2) is 4.75. The van der Waals surface area contributed by atoms with Gasteiger partial charge in [-0.2, -0.15) is 0 Å². The molecular weight excluding hydrogens is 276 g/mol. The van der Waals surface area contributed by atoms with E-state index in [2.05, 4.69) is 15.0 Å². The van der Waals surface area contributed by atoms with Crippen molar-refractivity contribution in [2.45, 2.75) is 0 Å². The fraction of sp³-hybridized carbons (Fsp3) is 0.0769. The highest BCUT2D eigenvalue weighted by Crippen LogP contribution is 2.05. The first-order valence-electron chi connectivity index (χ1n) is 6.01. The highest BCUT2D eigenvalue weighted by atomic mass is 16.3. The molecule has 3 aromatic rings. The largest absolute Gasteiger partial charge is 0.465 e. The lowest BCUT2D eigenvalue weighted by Crippen LogP contribution is -2.31. The molecule has 8 heteroatoms. The van der Waals surface area contributed by atoms with Crippen molar-refractivity contribution in [1.29, 1.82) is 0 Å². The van der Waals surface area contributed by atoms with E-state index in [9.17, 15) is 14.4 Å². The van der Waals surface area contributed by atoms with Gasteiger partial charge in [-0.3, -0.25) is 19.1 Å². The number of aromatic nitrogens is 4. The van der Waals surface area contributed by atoms with Crippen LogP contribution in [0.2, 0.25) is 0 Å². The second-order valence-electron chi connectivity index (χ2n) is 4.32. The predicted octanol–water partition coefficient (Wildman–Crippen LogP) is 0.0735. The van der Waals surface area contributed by atoms with Crippen molar-refractivity contribution in [3.8, 4) is 0 Å². The van der Waals surface area contributed by atoms with E-state index in [-0.39, 0.29) is 16.9 Å². The van der Waals surface area contributed by atoms with E-state index in [1.54, 1.807) is 18.2 Å². The first-order chi connectivity index (χ1) is 10.1. The van der Waals surface area contributed by atoms with Crippen molar-refractivity contribution >= 4 is 23.3 Å². The Morgan fingerprint density at radius 3 is 2.71 bits per heavy atom. The number of nitrogens with zero attached hydrogens (tertiary/aromatic N) is 2. The summed E-state index contributed by atoms with van der Waals surface area (Å²) in [5, 5.41) is 0. The number of fused-ring (bicyclic) bond motifs is 1. The molecule has 0 bridgehead atoms. The third-order valence-electron chi connectivity index (χ3n) is 2.95. The Balaban J connectivity index is 2.22. The van der Waals surface area contributed by atoms with E-state index in [1.807, 2.05) is 0 Å². The molecule has 21 heavy (non-hydrogen) atoms. The fourth-order valence-corrected chi connectivity index (χ4v) is 1.86. The van der Waals surface area contributed by atoms with E-state index in [1.165, 1.54) is 19.4 Å². The van der Waals surface area contributed by atoms with Crippen LogP contribution in [-0.4, -0.2) is 19.5 Å². The molecule has 8 nitrogen and oxygen atoms in total. The lowest BCUT2D eigenvalue weighted by molar-refractivity contribution is 0.557. The van der Waals surface area contributed by atoms with Crippen LogP contribution in [-0.2, 0) is 7.05 Å². The van der Waals surface area contributed by atoms with Gasteiger partial charge in [0.2, 0.25) is 0 Å². The molecule has 0 saturated heterocycles. The summed E-state index contributed by atoms with van der Waals surface area (Å²) < 4.78 is 6.22. The summed E-state index contributed by atoms with van der Waals surface area (Å²) >= 11 is 0. The zero-order valence-corrected chi connectivity index (χ0v) is 10.9. The minimum Gasteiger partial charge on any atom is -0.465 e. The number of furan rings is 1. The summed E-state index contributed by atoms with van der Waals surface area (Å²) in [4.78, 5) is 43.8. The number of aryl methyl sites for hydroxylation is 1. The molecule has 0 fully saturated rings. The van der Waals surface area contributed by atoms with Gasteiger partial charge in [0.25, 0.3) is 11.1 Å². The zero-order valence-electron chi connectivity index (χ0n) is 10.9. The molecule has 0 aromatic carbocycles. The van der Waals surface area contributed by atoms with Crippen LogP contribution in [0.3, 0.4) is 0 Å². The van der Waals surface area contributed by atoms with Crippen LogP contribution in [0, 0.1) is 0 Å². The van der Waals surface area contributed by atoms with Gasteiger partial charge in [0.1, 0.15) is 17.1 Å². The molecule has 3 heterocycles. The minimum atomic E-state index is -0.656. The molecule has 0 unspecified atom stereocenters. The van der Waals surface area contributed by atoms with Gasteiger partial charge in [-0.05, 0) is 24.3 Å². The standard InChI is InChI=1S/C13H10N4O4/c1-17-10-9(12(19)16-13(17)20)14-8(11(18)15-10)5-4-7-3-2-6-21-7/h2-6H,1H3,(H,15,18)(H,16,19,20)/b5-4+. The van der Waals surface area contributed by atoms with Gasteiger partial charge in [0.05, 0.1) is 6.26 Å². The average molecular weight is 286 g/mol. The first kappa shape index (κ1) is 12.9. The lowest BCUT2D eigenvalue weighted by atomic mass is 10.3. The topological polar surface area (TPSA) is 114 Å². The van der Waals surface area contributed by atoms with Gasteiger partial charge in [0, 0.05) is 7.05 Å². The second-order valence-corrected chi connectivity index (χ2v) is 4.32. The highest BCUT2D eigenvalue weighted by molar-refractivity contribution is 5.72. The van der Waals surface area contributed by atoms with E-state index in [0.717, 1.165) is 4.57 Å². The number of hydrogen-bond acceptors (Lipinski definition) is 5. The highest BCUT2D eigenvalue weighted by Gasteiger charge is 2.09. The third-order valence-corrected chi connectivity index (χ3v) is 2.95. The smallest absolute Gasteiger partial charge is 0.329 e. The maximum Gasteiger partial charge on any atom is 0.329 e. The monoisotopic (exact) mass is 286 g/mol. The Morgan fingerprint density at radius 2 is 2.00 bits per heavy atom. The summed E-state index contributed by atoms with van der Waals surface area (Å²) in [6.07, 6.45) is 4.49. The van der Waals surface area contributed by atoms with Crippen LogP contribution in [0.15, 0.2) is 37.2 Å². The minimum absolute atomic E-state index is 0.0178. The van der Waals surface area contributed by atoms with Crippen molar-refractivity contribution in [3.05, 3.63) is 61.0 Å². The van der Waals surface area contributed by atoms with Crippen LogP contribution in [0.4, 0.5) is 0 Å². The molecule has 2 N–H and O–H groups in total. The van der Waals surface area contributed by atoms with E-state index in [0.29, 0.717) is 5.76 Å². The number of rotatable bonds is 2. The molecule has 0 aliphatic heterocycles. The van der Waals surface area contributed by atoms with Crippen molar-refractivity contribution in [2.75, 3.05) is 0 Å². The van der Waals surface area contributed by atoms with Crippen molar-refractivity contribution in [1.82, 2.24) is 19.5 Å². The Kier molecular flexibility index (Phi) is 2.90. The lowest BCUT2D eigenvalue weighted by Gasteiger charge is -2.02. The summed E-state index contributed by atoms with van der Waals surface area (Å²) in [6, 6.07) is 3.42. The molecule has 0 amide bonds. The summed E-state index contributed by atoms with van der Waals surface area (Å²) in [6.45, 7) is 0. The average Bonchev–Trinajstić information content (AvgIpc) is 2.96. The number of aromatic amines is 2. The van der Waals surface area contributed by atoms with Gasteiger partial charge in [-0.15, -0.1) is 0 Å². The molecule has 0 aliphatic rings. The van der Waals surface area contributed by atoms with Crippen molar-refractivity contribution in [3.63, 3.8) is 0 Å². The van der Waals surface area contributed by atoms with Crippen LogP contribution >= 0.6 is 0 Å². The molecule has 3 aromatic heterocycles. The predicted molar refractivity (Wildman–Crippen MR) is 75.9 cm³/mol. The number of hydrogen-bond donors (Lipinski definition) is 2. The SMILES string of the molecule is Cn1c(=O)[nH]c(=O)c2nc(/C=C/c3ccco3)c(=O)[nH]c21. The van der Waals surface area contributed by atoms with Crippen molar-refractivity contribution < 1.29 is 4.42 Å². The van der Waals surface area contributed by atoms with E-state index < -0.39 is 16.8 Å². The van der Waals surface area contributed by atoms with Gasteiger partial charge >= 0.3 is 5.69 Å². The van der Waals surface area contributed by atoms with Gasteiger partial charge < -0.3 is 9.40 Å². The Morgan fingerprint density at radius 1 is 1.19 bits per heavy atom. The molecule has 0 radical (unpaired) electrons. The number of nitrogens with one attached hydrogen (secondary N) is 2. The Bertz CT molecular complexity index is 1010. The molecule has 3 rings (SSSR count). The van der Waals surface area contributed by atoms with Crippen LogP contribution in [0.5, 0.6) is 0 Å². The molecule has 0 aliphatic carbocycles. The van der Waals surface area contributed by atoms with Gasteiger partial charge in [-0.25, -0.2) is 9.78 Å². The van der Waals surface area contributed by atoms with Gasteiger partial charge in [-0.1, -0.05) is 0 Å². The molecule has 0 saturated carbocycles. The normalized spacial score (nSPS) is 11.5. The molecular formula is C13H10N4O4. The summed E-state index contributed by atoms with van der Waals surface area (Å²) in [7, 11) is 1.43. The Labute approximate surface area is 116 Å². The van der Waals surface area contributed by atoms with Crippen molar-refractivity contribution in [2.24, 2.45) is 7.05 Å². The van der Waals surface area contributed by atoms with Gasteiger partial charge in [0.15, 0.2) is 5.52 Å². The summed E-state index contributed by atoms with van der Waals surface area (Å²) in [5.74, 6) is 0.547. The fourth-order valence-electron chi connectivity index (χ4n) is 1.86. The first-order valence-corrected chi connectivity index (χ1v) is 6.01. The van der Waals surface area contributed by atoms with E-state index >= 15 is 0 Å². The van der Waals surface area contributed by atoms with Crippen LogP contribution in [0.1, 0.15) is 11.5 Å². The maximum absolute atomic E-state index is 11.9. The zero-order chi connectivity index (χ0) is 15.0. The van der Waals surface area contributed by atoms with E-state index in [4.69, 9.17) is 4.42 Å². The maximum atomic E-state index is 11.9. The quantitative estimate of drug-likeness (QED) is 0.692. The van der Waals surface area contributed by atoms with Crippen LogP contribution in [0.25, 0.3) is 23.3 Å². The third kappa shape index (κ3) is 2.22.